The number of hydrogen-bond donors (Lipinski definition) is 3. The third-order valence-corrected chi connectivity index (χ3v) is 5.72. The number of anilines is 3. The molecule has 0 saturated carbocycles. The van der Waals surface area contributed by atoms with Gasteiger partial charge in [-0.25, -0.2) is 8.42 Å². The van der Waals surface area contributed by atoms with E-state index < -0.39 is 26.5 Å². The number of nitrogens with zero attached hydrogens (tertiary/aromatic N) is 1. The van der Waals surface area contributed by atoms with Gasteiger partial charge in [-0.1, -0.05) is 23.7 Å². The number of benzene rings is 2. The first-order chi connectivity index (χ1) is 12.6. The number of hydrogen-bond acceptors (Lipinski definition) is 5. The molecule has 0 aliphatic carbocycles. The molecular weight excluding hydrogens is 405 g/mol. The smallest absolute Gasteiger partial charge is 0.383 e. The lowest BCUT2D eigenvalue weighted by atomic mass is 10.1. The maximum Gasteiger partial charge on any atom is 0.418 e. The second-order valence-corrected chi connectivity index (χ2v) is 7.76. The lowest BCUT2D eigenvalue weighted by Crippen LogP contribution is -2.10. The van der Waals surface area contributed by atoms with Crippen molar-refractivity contribution in [2.75, 3.05) is 11.1 Å². The number of para-hydroxylation sites is 1. The fourth-order valence-corrected chi connectivity index (χ4v) is 3.94. The Balaban J connectivity index is 2.08. The topological polar surface area (TPSA) is 101 Å². The standard InChI is InChI=1S/C16H12ClF3N4O2S/c17-9-5-7-10(8-6-9)27(25,26)13-14(21)23-24-15(13)22-12-4-2-1-3-11(12)16(18,19)20/h1-8H,(H4,21,22,23,24). The predicted octanol–water partition coefficient (Wildman–Crippen LogP) is 4.24. The van der Waals surface area contributed by atoms with Gasteiger partial charge in [0.15, 0.2) is 10.7 Å². The van der Waals surface area contributed by atoms with E-state index in [0.29, 0.717) is 5.02 Å². The Hall–Kier alpha value is -2.72. The number of sulfone groups is 1. The van der Waals surface area contributed by atoms with E-state index in [2.05, 4.69) is 15.5 Å². The van der Waals surface area contributed by atoms with Gasteiger partial charge in [-0.15, -0.1) is 0 Å². The number of H-pyrrole nitrogens is 1. The number of aromatic amines is 1. The molecule has 0 spiro atoms. The minimum Gasteiger partial charge on any atom is -0.383 e. The van der Waals surface area contributed by atoms with Crippen LogP contribution in [0, 0.1) is 0 Å². The zero-order chi connectivity index (χ0) is 19.8. The third-order valence-electron chi connectivity index (χ3n) is 3.63. The van der Waals surface area contributed by atoms with Crippen LogP contribution in [0.2, 0.25) is 5.02 Å². The summed E-state index contributed by atoms with van der Waals surface area (Å²) in [5.74, 6) is -0.656. The zero-order valence-corrected chi connectivity index (χ0v) is 15.0. The summed E-state index contributed by atoms with van der Waals surface area (Å²) in [6, 6.07) is 9.89. The largest absolute Gasteiger partial charge is 0.418 e. The Morgan fingerprint density at radius 3 is 2.33 bits per heavy atom. The van der Waals surface area contributed by atoms with Crippen molar-refractivity contribution in [3.05, 3.63) is 59.1 Å². The molecule has 1 aromatic heterocycles. The molecule has 2 aromatic carbocycles. The second kappa shape index (κ2) is 6.78. The van der Waals surface area contributed by atoms with Gasteiger partial charge < -0.3 is 11.1 Å². The fraction of sp³-hybridized carbons (Fsp3) is 0.0625. The van der Waals surface area contributed by atoms with Crippen molar-refractivity contribution in [3.8, 4) is 0 Å². The zero-order valence-electron chi connectivity index (χ0n) is 13.4. The van der Waals surface area contributed by atoms with E-state index in [1.807, 2.05) is 0 Å². The number of alkyl halides is 3. The van der Waals surface area contributed by atoms with Gasteiger partial charge in [0, 0.05) is 5.02 Å². The van der Waals surface area contributed by atoms with Crippen LogP contribution in [-0.4, -0.2) is 18.6 Å². The molecule has 0 amide bonds. The fourth-order valence-electron chi connectivity index (χ4n) is 2.40. The van der Waals surface area contributed by atoms with Crippen LogP contribution in [-0.2, 0) is 16.0 Å². The van der Waals surface area contributed by atoms with E-state index in [4.69, 9.17) is 17.3 Å². The number of nitrogens with two attached hydrogens (primary N) is 1. The highest BCUT2D eigenvalue weighted by Gasteiger charge is 2.34. The number of halogens is 4. The van der Waals surface area contributed by atoms with Crippen LogP contribution in [0.1, 0.15) is 5.56 Å². The van der Waals surface area contributed by atoms with Gasteiger partial charge in [0.25, 0.3) is 0 Å². The van der Waals surface area contributed by atoms with Crippen molar-refractivity contribution in [3.63, 3.8) is 0 Å². The summed E-state index contributed by atoms with van der Waals surface area (Å²) in [4.78, 5) is -0.589. The Labute approximate surface area is 157 Å². The molecule has 0 fully saturated rings. The molecular formula is C16H12ClF3N4O2S. The highest BCUT2D eigenvalue weighted by Crippen LogP contribution is 2.38. The van der Waals surface area contributed by atoms with Gasteiger partial charge in [0.1, 0.15) is 5.82 Å². The van der Waals surface area contributed by atoms with Crippen molar-refractivity contribution in [2.45, 2.75) is 16.0 Å². The maximum atomic E-state index is 13.2. The van der Waals surface area contributed by atoms with Crippen LogP contribution in [0.25, 0.3) is 0 Å². The molecule has 0 atom stereocenters. The molecule has 3 rings (SSSR count). The van der Waals surface area contributed by atoms with Gasteiger partial charge in [0.2, 0.25) is 9.84 Å². The van der Waals surface area contributed by atoms with Crippen LogP contribution in [0.4, 0.5) is 30.5 Å². The van der Waals surface area contributed by atoms with Crippen molar-refractivity contribution < 1.29 is 21.6 Å². The van der Waals surface area contributed by atoms with E-state index in [0.717, 1.165) is 12.1 Å². The number of aromatic nitrogens is 2. The van der Waals surface area contributed by atoms with Crippen LogP contribution in [0.5, 0.6) is 0 Å². The molecule has 3 aromatic rings. The Bertz CT molecular complexity index is 1080. The Kier molecular flexibility index (Phi) is 4.79. The first kappa shape index (κ1) is 19.1. The Morgan fingerprint density at radius 2 is 1.70 bits per heavy atom. The molecule has 27 heavy (non-hydrogen) atoms. The first-order valence-corrected chi connectivity index (χ1v) is 9.24. The summed E-state index contributed by atoms with van der Waals surface area (Å²) < 4.78 is 65.3. The molecule has 4 N–H and O–H groups in total. The lowest BCUT2D eigenvalue weighted by molar-refractivity contribution is -0.136. The molecule has 142 valence electrons. The molecule has 0 bridgehead atoms. The molecule has 0 saturated heterocycles. The SMILES string of the molecule is Nc1[nH]nc(Nc2ccccc2C(F)(F)F)c1S(=O)(=O)c1ccc(Cl)cc1. The second-order valence-electron chi connectivity index (χ2n) is 5.44. The summed E-state index contributed by atoms with van der Waals surface area (Å²) in [5.41, 5.74) is 4.36. The van der Waals surface area contributed by atoms with E-state index in [1.54, 1.807) is 0 Å². The number of nitrogens with one attached hydrogen (secondary N) is 2. The van der Waals surface area contributed by atoms with Gasteiger partial charge in [-0.2, -0.15) is 18.3 Å². The molecule has 11 heteroatoms. The highest BCUT2D eigenvalue weighted by molar-refractivity contribution is 7.91. The number of nitrogen functional groups attached to an aromatic ring is 1. The van der Waals surface area contributed by atoms with Crippen LogP contribution in [0.15, 0.2) is 58.3 Å². The minimum absolute atomic E-state index is 0.132. The molecule has 0 radical (unpaired) electrons. The molecule has 1 heterocycles. The van der Waals surface area contributed by atoms with Crippen molar-refractivity contribution in [1.29, 1.82) is 0 Å². The van der Waals surface area contributed by atoms with E-state index >= 15 is 0 Å². The van der Waals surface area contributed by atoms with Gasteiger partial charge in [-0.05, 0) is 36.4 Å². The van der Waals surface area contributed by atoms with E-state index in [1.165, 1.54) is 36.4 Å². The quantitative estimate of drug-likeness (QED) is 0.590. The summed E-state index contributed by atoms with van der Waals surface area (Å²) in [6.45, 7) is 0. The molecule has 6 nitrogen and oxygen atoms in total. The van der Waals surface area contributed by atoms with Gasteiger partial charge in [0.05, 0.1) is 16.1 Å². The van der Waals surface area contributed by atoms with Crippen LogP contribution in [0.3, 0.4) is 0 Å². The maximum absolute atomic E-state index is 13.2. The van der Waals surface area contributed by atoms with Crippen LogP contribution < -0.4 is 11.1 Å². The Morgan fingerprint density at radius 1 is 1.07 bits per heavy atom. The van der Waals surface area contributed by atoms with Crippen molar-refractivity contribution in [1.82, 2.24) is 10.2 Å². The minimum atomic E-state index is -4.64. The summed E-state index contributed by atoms with van der Waals surface area (Å²) in [5, 5.41) is 8.73. The summed E-state index contributed by atoms with van der Waals surface area (Å²) >= 11 is 5.76. The normalized spacial score (nSPS) is 12.1. The highest BCUT2D eigenvalue weighted by atomic mass is 35.5. The molecule has 0 unspecified atom stereocenters. The average molecular weight is 417 g/mol. The van der Waals surface area contributed by atoms with Gasteiger partial charge >= 0.3 is 6.18 Å². The monoisotopic (exact) mass is 416 g/mol. The summed E-state index contributed by atoms with van der Waals surface area (Å²) in [6.07, 6.45) is -4.64. The predicted molar refractivity (Wildman–Crippen MR) is 94.6 cm³/mol. The van der Waals surface area contributed by atoms with Crippen LogP contribution >= 0.6 is 11.6 Å². The average Bonchev–Trinajstić information content (AvgIpc) is 2.96. The molecule has 0 aliphatic heterocycles. The van der Waals surface area contributed by atoms with Crippen molar-refractivity contribution >= 4 is 38.8 Å². The van der Waals surface area contributed by atoms with E-state index in [9.17, 15) is 21.6 Å². The third kappa shape index (κ3) is 3.71. The lowest BCUT2D eigenvalue weighted by Gasteiger charge is -2.14. The molecule has 0 aliphatic rings. The first-order valence-electron chi connectivity index (χ1n) is 7.38. The van der Waals surface area contributed by atoms with E-state index in [-0.39, 0.29) is 22.2 Å². The summed E-state index contributed by atoms with van der Waals surface area (Å²) in [7, 11) is -4.16. The van der Waals surface area contributed by atoms with Gasteiger partial charge in [-0.3, -0.25) is 5.10 Å². The van der Waals surface area contributed by atoms with Crippen molar-refractivity contribution in [2.24, 2.45) is 0 Å². The number of rotatable bonds is 4.